The van der Waals surface area contributed by atoms with Crippen molar-refractivity contribution < 1.29 is 9.53 Å². The van der Waals surface area contributed by atoms with E-state index in [2.05, 4.69) is 40.2 Å². The van der Waals surface area contributed by atoms with E-state index in [0.717, 1.165) is 32.5 Å². The van der Waals surface area contributed by atoms with Crippen molar-refractivity contribution >= 4 is 16.7 Å². The fourth-order valence-corrected chi connectivity index (χ4v) is 4.47. The van der Waals surface area contributed by atoms with Crippen molar-refractivity contribution in [2.24, 2.45) is 5.92 Å². The zero-order chi connectivity index (χ0) is 20.8. The van der Waals surface area contributed by atoms with E-state index >= 15 is 0 Å². The van der Waals surface area contributed by atoms with Gasteiger partial charge in [0.05, 0.1) is 12.2 Å². The summed E-state index contributed by atoms with van der Waals surface area (Å²) in [6, 6.07) is 16.6. The summed E-state index contributed by atoms with van der Waals surface area (Å²) in [6.07, 6.45) is 8.26. The van der Waals surface area contributed by atoms with Gasteiger partial charge in [-0.15, -0.1) is 0 Å². The average Bonchev–Trinajstić information content (AvgIpc) is 2.78. The molecule has 0 bridgehead atoms. The molecule has 30 heavy (non-hydrogen) atoms. The number of hydrogen-bond donors (Lipinski definition) is 0. The van der Waals surface area contributed by atoms with Crippen LogP contribution in [0.3, 0.4) is 0 Å². The number of carbonyl (C=O) groups is 1. The number of pyridine rings is 1. The minimum atomic E-state index is -0.222. The Labute approximate surface area is 178 Å². The van der Waals surface area contributed by atoms with Gasteiger partial charge in [0.2, 0.25) is 0 Å². The lowest BCUT2D eigenvalue weighted by Crippen LogP contribution is -2.35. The number of nitrogens with zero attached hydrogens (tertiary/aromatic N) is 2. The third-order valence-corrected chi connectivity index (χ3v) is 5.89. The molecule has 0 aliphatic carbocycles. The summed E-state index contributed by atoms with van der Waals surface area (Å²) in [5, 5.41) is 2.54. The molecule has 2 heterocycles. The predicted molar refractivity (Wildman–Crippen MR) is 120 cm³/mol. The van der Waals surface area contributed by atoms with Crippen molar-refractivity contribution in [3.63, 3.8) is 0 Å². The van der Waals surface area contributed by atoms with E-state index in [-0.39, 0.29) is 5.97 Å². The molecule has 4 heteroatoms. The van der Waals surface area contributed by atoms with E-state index in [1.807, 2.05) is 37.5 Å². The maximum absolute atomic E-state index is 12.2. The van der Waals surface area contributed by atoms with E-state index in [4.69, 9.17) is 4.74 Å². The molecule has 1 saturated heterocycles. The molecule has 0 N–H and O–H groups in total. The molecule has 1 aliphatic rings. The van der Waals surface area contributed by atoms with Crippen LogP contribution in [0.2, 0.25) is 0 Å². The molecule has 4 nitrogen and oxygen atoms in total. The van der Waals surface area contributed by atoms with Crippen LogP contribution in [-0.4, -0.2) is 35.5 Å². The first kappa shape index (κ1) is 20.5. The standard InChI is InChI=1S/C26H30N2O2/c1-2-14-30-26(29)23-9-3-6-20(16-23)18-28-13-5-7-21(19-28)15-22-8-4-10-24-17-27-12-11-25(22)24/h3-4,6,8-12,16-17,21H,2,5,7,13-15,18-19H2,1H3. The largest absolute Gasteiger partial charge is 0.462 e. The molecule has 1 aromatic heterocycles. The van der Waals surface area contributed by atoms with E-state index < -0.39 is 0 Å². The van der Waals surface area contributed by atoms with Crippen molar-refractivity contribution in [2.45, 2.75) is 39.2 Å². The first-order valence-electron chi connectivity index (χ1n) is 11.0. The Kier molecular flexibility index (Phi) is 6.75. The minimum Gasteiger partial charge on any atom is -0.462 e. The second kappa shape index (κ2) is 9.86. The highest BCUT2D eigenvalue weighted by molar-refractivity contribution is 5.89. The molecule has 0 amide bonds. The highest BCUT2D eigenvalue weighted by atomic mass is 16.5. The Morgan fingerprint density at radius 3 is 3.00 bits per heavy atom. The van der Waals surface area contributed by atoms with Crippen LogP contribution >= 0.6 is 0 Å². The normalized spacial score (nSPS) is 17.2. The molecule has 0 saturated carbocycles. The van der Waals surface area contributed by atoms with Crippen LogP contribution in [0.5, 0.6) is 0 Å². The van der Waals surface area contributed by atoms with Gasteiger partial charge in [-0.1, -0.05) is 37.3 Å². The number of carbonyl (C=O) groups excluding carboxylic acids is 1. The van der Waals surface area contributed by atoms with Crippen molar-refractivity contribution in [3.8, 4) is 0 Å². The van der Waals surface area contributed by atoms with Crippen molar-refractivity contribution in [1.29, 1.82) is 0 Å². The number of hydrogen-bond acceptors (Lipinski definition) is 4. The van der Waals surface area contributed by atoms with Gasteiger partial charge in [0, 0.05) is 30.9 Å². The lowest BCUT2D eigenvalue weighted by atomic mass is 9.89. The average molecular weight is 403 g/mol. The van der Waals surface area contributed by atoms with Gasteiger partial charge in [-0.05, 0) is 72.9 Å². The number of ether oxygens (including phenoxy) is 1. The van der Waals surface area contributed by atoms with Crippen LogP contribution in [0.4, 0.5) is 0 Å². The number of likely N-dealkylation sites (tertiary alicyclic amines) is 1. The topological polar surface area (TPSA) is 42.4 Å². The number of piperidine rings is 1. The number of fused-ring (bicyclic) bond motifs is 1. The number of rotatable bonds is 7. The molecular formula is C26H30N2O2. The maximum Gasteiger partial charge on any atom is 0.338 e. The molecule has 1 fully saturated rings. The summed E-state index contributed by atoms with van der Waals surface area (Å²) in [5.41, 5.74) is 3.25. The highest BCUT2D eigenvalue weighted by Crippen LogP contribution is 2.26. The molecular weight excluding hydrogens is 372 g/mol. The zero-order valence-electron chi connectivity index (χ0n) is 17.7. The molecule has 1 unspecified atom stereocenters. The van der Waals surface area contributed by atoms with E-state index in [0.29, 0.717) is 18.1 Å². The van der Waals surface area contributed by atoms with Gasteiger partial charge >= 0.3 is 5.97 Å². The second-order valence-corrected chi connectivity index (χ2v) is 8.30. The third-order valence-electron chi connectivity index (χ3n) is 5.89. The first-order valence-corrected chi connectivity index (χ1v) is 11.0. The van der Waals surface area contributed by atoms with E-state index in [9.17, 15) is 4.79 Å². The molecule has 3 aromatic rings. The monoisotopic (exact) mass is 402 g/mol. The fourth-order valence-electron chi connectivity index (χ4n) is 4.47. The first-order chi connectivity index (χ1) is 14.7. The van der Waals surface area contributed by atoms with Crippen LogP contribution in [0.15, 0.2) is 60.9 Å². The molecule has 4 rings (SSSR count). The van der Waals surface area contributed by atoms with E-state index in [1.54, 1.807) is 0 Å². The zero-order valence-corrected chi connectivity index (χ0v) is 17.7. The summed E-state index contributed by atoms with van der Waals surface area (Å²) < 4.78 is 5.28. The smallest absolute Gasteiger partial charge is 0.338 e. The molecule has 0 spiro atoms. The number of aromatic nitrogens is 1. The summed E-state index contributed by atoms with van der Waals surface area (Å²) >= 11 is 0. The van der Waals surface area contributed by atoms with Crippen LogP contribution in [0.1, 0.15) is 47.7 Å². The Bertz CT molecular complexity index is 996. The van der Waals surface area contributed by atoms with Crippen LogP contribution < -0.4 is 0 Å². The molecule has 156 valence electrons. The van der Waals surface area contributed by atoms with Gasteiger partial charge in [0.15, 0.2) is 0 Å². The second-order valence-electron chi connectivity index (χ2n) is 8.30. The maximum atomic E-state index is 12.2. The lowest BCUT2D eigenvalue weighted by molar-refractivity contribution is 0.0505. The van der Waals surface area contributed by atoms with E-state index in [1.165, 1.54) is 34.7 Å². The van der Waals surface area contributed by atoms with Gasteiger partial charge in [0.25, 0.3) is 0 Å². The summed E-state index contributed by atoms with van der Waals surface area (Å²) in [4.78, 5) is 18.9. The Hall–Kier alpha value is -2.72. The highest BCUT2D eigenvalue weighted by Gasteiger charge is 2.21. The summed E-state index contributed by atoms with van der Waals surface area (Å²) in [7, 11) is 0. The van der Waals surface area contributed by atoms with Crippen molar-refractivity contribution in [1.82, 2.24) is 9.88 Å². The molecule has 2 aromatic carbocycles. The Balaban J connectivity index is 1.40. The van der Waals surface area contributed by atoms with Gasteiger partial charge in [-0.3, -0.25) is 9.88 Å². The molecule has 0 radical (unpaired) electrons. The van der Waals surface area contributed by atoms with Crippen LogP contribution in [0.25, 0.3) is 10.8 Å². The van der Waals surface area contributed by atoms with Crippen LogP contribution in [-0.2, 0) is 17.7 Å². The SMILES string of the molecule is CCCOC(=O)c1cccc(CN2CCCC(Cc3cccc4cnccc34)C2)c1. The number of esters is 1. The van der Waals surface area contributed by atoms with Gasteiger partial charge in [-0.25, -0.2) is 4.79 Å². The fraction of sp³-hybridized carbons (Fsp3) is 0.385. The van der Waals surface area contributed by atoms with Gasteiger partial charge in [-0.2, -0.15) is 0 Å². The summed E-state index contributed by atoms with van der Waals surface area (Å²) in [6.45, 7) is 5.56. The summed E-state index contributed by atoms with van der Waals surface area (Å²) in [5.74, 6) is 0.427. The van der Waals surface area contributed by atoms with Crippen molar-refractivity contribution in [2.75, 3.05) is 19.7 Å². The molecule has 1 atom stereocenters. The Morgan fingerprint density at radius 2 is 2.10 bits per heavy atom. The quantitative estimate of drug-likeness (QED) is 0.506. The Morgan fingerprint density at radius 1 is 1.20 bits per heavy atom. The third kappa shape index (κ3) is 5.06. The lowest BCUT2D eigenvalue weighted by Gasteiger charge is -2.33. The predicted octanol–water partition coefficient (Wildman–Crippen LogP) is 5.26. The van der Waals surface area contributed by atoms with Gasteiger partial charge < -0.3 is 4.74 Å². The molecule has 1 aliphatic heterocycles. The van der Waals surface area contributed by atoms with Gasteiger partial charge in [0.1, 0.15) is 0 Å². The van der Waals surface area contributed by atoms with Crippen molar-refractivity contribution in [3.05, 3.63) is 77.6 Å². The minimum absolute atomic E-state index is 0.222. The van der Waals surface area contributed by atoms with Crippen LogP contribution in [0, 0.1) is 5.92 Å². The number of benzene rings is 2.